The maximum Gasteiger partial charge on any atom is 0.412 e. The molecule has 7 heteroatoms. The van der Waals surface area contributed by atoms with Crippen molar-refractivity contribution in [2.75, 3.05) is 10.6 Å². The summed E-state index contributed by atoms with van der Waals surface area (Å²) in [6, 6.07) is 13.7. The lowest BCUT2D eigenvalue weighted by atomic mass is 10.1. The van der Waals surface area contributed by atoms with Crippen LogP contribution in [0, 0.1) is 0 Å². The summed E-state index contributed by atoms with van der Waals surface area (Å²) in [4.78, 5) is 24.9. The minimum atomic E-state index is -0.637. The summed E-state index contributed by atoms with van der Waals surface area (Å²) in [5, 5.41) is 9.54. The fraction of sp³-hybridized carbons (Fsp3) is 0.182. The Bertz CT molecular complexity index is 1010. The molecule has 3 aromatic rings. The van der Waals surface area contributed by atoms with Crippen LogP contribution in [0.25, 0.3) is 11.1 Å². The van der Waals surface area contributed by atoms with E-state index in [1.165, 1.54) is 0 Å². The molecule has 0 saturated carbocycles. The number of anilines is 2. The van der Waals surface area contributed by atoms with Gasteiger partial charge in [0.1, 0.15) is 5.60 Å². The van der Waals surface area contributed by atoms with Crippen LogP contribution < -0.4 is 16.4 Å². The van der Waals surface area contributed by atoms with Gasteiger partial charge in [0.25, 0.3) is 5.91 Å². The van der Waals surface area contributed by atoms with Crippen LogP contribution in [0.2, 0.25) is 0 Å². The minimum absolute atomic E-state index is 0.327. The van der Waals surface area contributed by atoms with E-state index in [2.05, 4.69) is 10.6 Å². The van der Waals surface area contributed by atoms with Gasteiger partial charge >= 0.3 is 6.09 Å². The molecule has 0 fully saturated rings. The standard InChI is InChI=1S/C22H22N3O3S/c1-22(2,3)28-21(27)25-18-9-6-15(16-10-11-29-13-16)12-19(18)24-20(26)14-4-7-17(23)8-5-14/h4-13,23H,1-3H3,(H,24,26)(H,25,27). The van der Waals surface area contributed by atoms with E-state index in [9.17, 15) is 9.59 Å². The number of nitrogens with one attached hydrogen (secondary N) is 3. The lowest BCUT2D eigenvalue weighted by Crippen LogP contribution is -2.27. The number of rotatable bonds is 4. The lowest BCUT2D eigenvalue weighted by Gasteiger charge is -2.21. The van der Waals surface area contributed by atoms with Gasteiger partial charge in [-0.15, -0.1) is 0 Å². The van der Waals surface area contributed by atoms with Crippen molar-refractivity contribution in [3.05, 3.63) is 64.9 Å². The van der Waals surface area contributed by atoms with Gasteiger partial charge in [0, 0.05) is 5.56 Å². The highest BCUT2D eigenvalue weighted by molar-refractivity contribution is 7.08. The zero-order valence-electron chi connectivity index (χ0n) is 16.4. The van der Waals surface area contributed by atoms with Crippen molar-refractivity contribution < 1.29 is 14.3 Å². The van der Waals surface area contributed by atoms with Crippen LogP contribution in [0.5, 0.6) is 0 Å². The van der Waals surface area contributed by atoms with E-state index in [0.29, 0.717) is 22.6 Å². The average molecular weight is 409 g/mol. The zero-order chi connectivity index (χ0) is 21.0. The third kappa shape index (κ3) is 5.58. The van der Waals surface area contributed by atoms with Gasteiger partial charge in [0.2, 0.25) is 0 Å². The molecule has 149 valence electrons. The molecular weight excluding hydrogens is 386 g/mol. The molecule has 0 spiro atoms. The highest BCUT2D eigenvalue weighted by atomic mass is 32.1. The van der Waals surface area contributed by atoms with Crippen LogP contribution in [0.3, 0.4) is 0 Å². The SMILES string of the molecule is CC(C)(C)OC(=O)Nc1ccc(-c2ccsc2)cc1NC(=O)c1ccc([NH])cc1. The summed E-state index contributed by atoms with van der Waals surface area (Å²) in [6.07, 6.45) is -0.602. The lowest BCUT2D eigenvalue weighted by molar-refractivity contribution is 0.0635. The number of hydrogen-bond donors (Lipinski definition) is 2. The van der Waals surface area contributed by atoms with E-state index in [1.807, 2.05) is 29.0 Å². The minimum Gasteiger partial charge on any atom is -0.444 e. The van der Waals surface area contributed by atoms with E-state index >= 15 is 0 Å². The third-order valence-electron chi connectivity index (χ3n) is 3.90. The Morgan fingerprint density at radius 1 is 0.931 bits per heavy atom. The van der Waals surface area contributed by atoms with E-state index in [0.717, 1.165) is 11.1 Å². The highest BCUT2D eigenvalue weighted by Gasteiger charge is 2.18. The summed E-state index contributed by atoms with van der Waals surface area (Å²) >= 11 is 1.58. The van der Waals surface area contributed by atoms with E-state index in [1.54, 1.807) is 62.4 Å². The van der Waals surface area contributed by atoms with Crippen LogP contribution >= 0.6 is 11.3 Å². The Morgan fingerprint density at radius 2 is 1.66 bits per heavy atom. The smallest absolute Gasteiger partial charge is 0.412 e. The molecule has 3 N–H and O–H groups in total. The summed E-state index contributed by atoms with van der Waals surface area (Å²) in [5.74, 6) is -0.334. The maximum atomic E-state index is 12.7. The molecule has 29 heavy (non-hydrogen) atoms. The Labute approximate surface area is 173 Å². The van der Waals surface area contributed by atoms with Crippen molar-refractivity contribution in [1.29, 1.82) is 0 Å². The number of ether oxygens (including phenoxy) is 1. The zero-order valence-corrected chi connectivity index (χ0v) is 17.2. The van der Waals surface area contributed by atoms with Crippen molar-refractivity contribution in [2.24, 2.45) is 0 Å². The van der Waals surface area contributed by atoms with Gasteiger partial charge in [0.15, 0.2) is 0 Å². The first-order valence-electron chi connectivity index (χ1n) is 9.01. The van der Waals surface area contributed by atoms with Crippen molar-refractivity contribution in [2.45, 2.75) is 26.4 Å². The van der Waals surface area contributed by atoms with Crippen molar-refractivity contribution >= 4 is 40.4 Å². The fourth-order valence-electron chi connectivity index (χ4n) is 2.59. The van der Waals surface area contributed by atoms with Crippen molar-refractivity contribution in [1.82, 2.24) is 5.73 Å². The van der Waals surface area contributed by atoms with Crippen LogP contribution in [-0.4, -0.2) is 17.6 Å². The van der Waals surface area contributed by atoms with Crippen LogP contribution in [0.1, 0.15) is 31.1 Å². The molecule has 0 bridgehead atoms. The maximum absolute atomic E-state index is 12.7. The quantitative estimate of drug-likeness (QED) is 0.560. The van der Waals surface area contributed by atoms with E-state index in [-0.39, 0.29) is 5.91 Å². The average Bonchev–Trinajstić information content (AvgIpc) is 3.16. The van der Waals surface area contributed by atoms with Gasteiger partial charge in [-0.3, -0.25) is 10.1 Å². The van der Waals surface area contributed by atoms with Gasteiger partial charge in [-0.1, -0.05) is 6.07 Å². The number of carbonyl (C=O) groups excluding carboxylic acids is 2. The topological polar surface area (TPSA) is 91.2 Å². The second kappa shape index (κ2) is 8.36. The summed E-state index contributed by atoms with van der Waals surface area (Å²) in [6.45, 7) is 5.35. The first-order chi connectivity index (χ1) is 13.7. The molecule has 0 atom stereocenters. The molecule has 1 heterocycles. The van der Waals surface area contributed by atoms with Crippen molar-refractivity contribution in [3.63, 3.8) is 0 Å². The number of carbonyl (C=O) groups is 2. The van der Waals surface area contributed by atoms with Crippen molar-refractivity contribution in [3.8, 4) is 11.1 Å². The molecule has 6 nitrogen and oxygen atoms in total. The highest BCUT2D eigenvalue weighted by Crippen LogP contribution is 2.31. The third-order valence-corrected chi connectivity index (χ3v) is 4.59. The number of thiophene rings is 1. The molecule has 1 aromatic heterocycles. The molecule has 3 rings (SSSR count). The Morgan fingerprint density at radius 3 is 2.28 bits per heavy atom. The van der Waals surface area contributed by atoms with E-state index in [4.69, 9.17) is 10.5 Å². The van der Waals surface area contributed by atoms with E-state index < -0.39 is 11.7 Å². The molecular formula is C22H22N3O3S. The summed E-state index contributed by atoms with van der Waals surface area (Å²) in [5.41, 5.74) is 10.5. The van der Waals surface area contributed by atoms with Gasteiger partial charge in [-0.25, -0.2) is 4.79 Å². The first-order valence-corrected chi connectivity index (χ1v) is 9.95. The number of benzene rings is 2. The Balaban J connectivity index is 1.90. The second-order valence-corrected chi connectivity index (χ2v) is 8.21. The second-order valence-electron chi connectivity index (χ2n) is 7.43. The first kappa shape index (κ1) is 20.4. The normalized spacial score (nSPS) is 11.0. The molecule has 0 unspecified atom stereocenters. The van der Waals surface area contributed by atoms with Crippen LogP contribution in [0.15, 0.2) is 59.3 Å². The predicted octanol–water partition coefficient (Wildman–Crippen LogP) is 5.93. The number of amides is 2. The largest absolute Gasteiger partial charge is 0.444 e. The molecule has 0 aliphatic rings. The predicted molar refractivity (Wildman–Crippen MR) is 117 cm³/mol. The summed E-state index contributed by atoms with van der Waals surface area (Å²) in [7, 11) is 0. The fourth-order valence-corrected chi connectivity index (χ4v) is 3.26. The Kier molecular flexibility index (Phi) is 5.89. The molecule has 2 amide bonds. The molecule has 2 aromatic carbocycles. The molecule has 0 aliphatic carbocycles. The van der Waals surface area contributed by atoms with Gasteiger partial charge in [-0.2, -0.15) is 11.3 Å². The summed E-state index contributed by atoms with van der Waals surface area (Å²) < 4.78 is 5.32. The van der Waals surface area contributed by atoms with Crippen LogP contribution in [0.4, 0.5) is 21.9 Å². The van der Waals surface area contributed by atoms with Gasteiger partial charge in [-0.05, 0) is 85.1 Å². The molecule has 1 radical (unpaired) electrons. The molecule has 0 saturated heterocycles. The van der Waals surface area contributed by atoms with Gasteiger partial charge in [0.05, 0.1) is 17.1 Å². The number of hydrogen-bond acceptors (Lipinski definition) is 4. The van der Waals surface area contributed by atoms with Crippen LogP contribution in [-0.2, 0) is 4.74 Å². The molecule has 0 aliphatic heterocycles. The monoisotopic (exact) mass is 408 g/mol. The Hall–Kier alpha value is -3.32. The van der Waals surface area contributed by atoms with Gasteiger partial charge < -0.3 is 15.8 Å².